The fourth-order valence-corrected chi connectivity index (χ4v) is 3.32. The maximum Gasteiger partial charge on any atom is 0.206 e. The van der Waals surface area contributed by atoms with E-state index in [2.05, 4.69) is 0 Å². The van der Waals surface area contributed by atoms with E-state index in [1.807, 2.05) is 0 Å². The molecule has 0 spiro atoms. The van der Waals surface area contributed by atoms with Crippen molar-refractivity contribution >= 4 is 9.84 Å². The van der Waals surface area contributed by atoms with Gasteiger partial charge in [0.15, 0.2) is 11.5 Å². The van der Waals surface area contributed by atoms with E-state index in [1.165, 1.54) is 25.3 Å². The normalized spacial score (nSPS) is 11.3. The van der Waals surface area contributed by atoms with Crippen LogP contribution in [0.2, 0.25) is 0 Å². The molecule has 0 radical (unpaired) electrons. The van der Waals surface area contributed by atoms with Crippen molar-refractivity contribution in [2.24, 2.45) is 0 Å². The number of sulfone groups is 1. The lowest BCUT2D eigenvalue weighted by atomic mass is 10.2. The largest absolute Gasteiger partial charge is 0.504 e. The van der Waals surface area contributed by atoms with Crippen LogP contribution in [-0.4, -0.2) is 20.6 Å². The highest BCUT2D eigenvalue weighted by Crippen LogP contribution is 2.31. The smallest absolute Gasteiger partial charge is 0.206 e. The topological polar surface area (TPSA) is 63.6 Å². The van der Waals surface area contributed by atoms with Crippen molar-refractivity contribution in [1.29, 1.82) is 0 Å². The van der Waals surface area contributed by atoms with Crippen LogP contribution in [0.5, 0.6) is 11.5 Å². The molecule has 0 saturated carbocycles. The third kappa shape index (κ3) is 2.42. The second-order valence-electron chi connectivity index (χ2n) is 4.10. The number of phenols is 1. The van der Waals surface area contributed by atoms with Gasteiger partial charge in [-0.25, -0.2) is 8.42 Å². The number of methoxy groups -OCH3 is 1. The third-order valence-electron chi connectivity index (χ3n) is 2.84. The summed E-state index contributed by atoms with van der Waals surface area (Å²) in [6, 6.07) is 10.7. The van der Waals surface area contributed by atoms with Crippen molar-refractivity contribution < 1.29 is 18.3 Å². The molecule has 0 atom stereocenters. The first kappa shape index (κ1) is 13.4. The SMILES string of the molecule is COc1cc(S(=O)(=O)c2ccccc2C)ccc1O. The van der Waals surface area contributed by atoms with Crippen LogP contribution in [0.1, 0.15) is 5.56 Å². The Balaban J connectivity index is 2.61. The number of rotatable bonds is 3. The fraction of sp³-hybridized carbons (Fsp3) is 0.143. The van der Waals surface area contributed by atoms with E-state index in [1.54, 1.807) is 31.2 Å². The zero-order valence-electron chi connectivity index (χ0n) is 10.6. The molecule has 0 aliphatic carbocycles. The van der Waals surface area contributed by atoms with E-state index in [4.69, 9.17) is 4.74 Å². The van der Waals surface area contributed by atoms with Gasteiger partial charge in [-0.15, -0.1) is 0 Å². The molecule has 0 amide bonds. The molecule has 0 aliphatic heterocycles. The van der Waals surface area contributed by atoms with Crippen molar-refractivity contribution in [3.8, 4) is 11.5 Å². The molecule has 100 valence electrons. The third-order valence-corrected chi connectivity index (χ3v) is 4.76. The van der Waals surface area contributed by atoms with Crippen molar-refractivity contribution in [1.82, 2.24) is 0 Å². The van der Waals surface area contributed by atoms with Crippen LogP contribution in [0.4, 0.5) is 0 Å². The average Bonchev–Trinajstić information content (AvgIpc) is 2.39. The molecule has 0 bridgehead atoms. The first-order valence-electron chi connectivity index (χ1n) is 5.64. The number of hydrogen-bond donors (Lipinski definition) is 1. The molecule has 0 fully saturated rings. The summed E-state index contributed by atoms with van der Waals surface area (Å²) in [5.41, 5.74) is 0.676. The molecule has 5 heteroatoms. The minimum atomic E-state index is -3.61. The first-order chi connectivity index (χ1) is 8.96. The highest BCUT2D eigenvalue weighted by atomic mass is 32.2. The summed E-state index contributed by atoms with van der Waals surface area (Å²) in [5.74, 6) is 0.0425. The number of ether oxygens (including phenoxy) is 1. The van der Waals surface area contributed by atoms with E-state index < -0.39 is 9.84 Å². The lowest BCUT2D eigenvalue weighted by molar-refractivity contribution is 0.372. The zero-order valence-corrected chi connectivity index (χ0v) is 11.4. The van der Waals surface area contributed by atoms with Crippen LogP contribution in [0, 0.1) is 6.92 Å². The summed E-state index contributed by atoms with van der Waals surface area (Å²) in [6.45, 7) is 1.74. The Morgan fingerprint density at radius 1 is 1.11 bits per heavy atom. The number of aryl methyl sites for hydroxylation is 1. The van der Waals surface area contributed by atoms with Crippen LogP contribution >= 0.6 is 0 Å². The lowest BCUT2D eigenvalue weighted by Crippen LogP contribution is -2.04. The Kier molecular flexibility index (Phi) is 3.48. The van der Waals surface area contributed by atoms with Crippen molar-refractivity contribution in [3.05, 3.63) is 48.0 Å². The summed E-state index contributed by atoms with van der Waals surface area (Å²) in [4.78, 5) is 0.346. The molecule has 0 aliphatic rings. The van der Waals surface area contributed by atoms with Gasteiger partial charge in [-0.05, 0) is 30.7 Å². The summed E-state index contributed by atoms with van der Waals surface area (Å²) >= 11 is 0. The van der Waals surface area contributed by atoms with Crippen LogP contribution in [0.15, 0.2) is 52.3 Å². The van der Waals surface area contributed by atoms with Gasteiger partial charge in [0.05, 0.1) is 16.9 Å². The summed E-state index contributed by atoms with van der Waals surface area (Å²) < 4.78 is 29.9. The van der Waals surface area contributed by atoms with Crippen LogP contribution in [-0.2, 0) is 9.84 Å². The second-order valence-corrected chi connectivity index (χ2v) is 6.02. The van der Waals surface area contributed by atoms with Gasteiger partial charge in [0.25, 0.3) is 0 Å². The van der Waals surface area contributed by atoms with Gasteiger partial charge in [0.2, 0.25) is 9.84 Å². The molecule has 2 aromatic carbocycles. The molecule has 1 N–H and O–H groups in total. The molecule has 19 heavy (non-hydrogen) atoms. The Morgan fingerprint density at radius 2 is 1.79 bits per heavy atom. The van der Waals surface area contributed by atoms with E-state index in [0.29, 0.717) is 5.56 Å². The molecule has 0 heterocycles. The molecule has 0 unspecified atom stereocenters. The van der Waals surface area contributed by atoms with Gasteiger partial charge in [-0.1, -0.05) is 18.2 Å². The minimum absolute atomic E-state index is 0.0915. The predicted molar refractivity (Wildman–Crippen MR) is 71.3 cm³/mol. The number of phenolic OH excluding ortho intramolecular Hbond substituents is 1. The zero-order chi connectivity index (χ0) is 14.0. The monoisotopic (exact) mass is 278 g/mol. The van der Waals surface area contributed by atoms with Gasteiger partial charge < -0.3 is 9.84 Å². The van der Waals surface area contributed by atoms with Crippen molar-refractivity contribution in [2.75, 3.05) is 7.11 Å². The fourth-order valence-electron chi connectivity index (χ4n) is 1.81. The molecule has 4 nitrogen and oxygen atoms in total. The number of hydrogen-bond acceptors (Lipinski definition) is 4. The van der Waals surface area contributed by atoms with E-state index in [0.717, 1.165) is 0 Å². The van der Waals surface area contributed by atoms with Crippen LogP contribution < -0.4 is 4.74 Å². The molecular formula is C14H14O4S. The van der Waals surface area contributed by atoms with Crippen molar-refractivity contribution in [2.45, 2.75) is 16.7 Å². The lowest BCUT2D eigenvalue weighted by Gasteiger charge is -2.09. The standard InChI is InChI=1S/C14H14O4S/c1-10-5-3-4-6-14(10)19(16,17)11-7-8-12(15)13(9-11)18-2/h3-9,15H,1-2H3. The Labute approximate surface area is 112 Å². The highest BCUT2D eigenvalue weighted by Gasteiger charge is 2.20. The Hall–Kier alpha value is -2.01. The first-order valence-corrected chi connectivity index (χ1v) is 7.13. The number of aromatic hydroxyl groups is 1. The van der Waals surface area contributed by atoms with Gasteiger partial charge in [-0.2, -0.15) is 0 Å². The number of benzene rings is 2. The quantitative estimate of drug-likeness (QED) is 0.937. The molecule has 2 rings (SSSR count). The molecule has 0 saturated heterocycles. The maximum atomic E-state index is 12.5. The van der Waals surface area contributed by atoms with Gasteiger partial charge in [0, 0.05) is 6.07 Å². The van der Waals surface area contributed by atoms with Crippen LogP contribution in [0.3, 0.4) is 0 Å². The Bertz CT molecular complexity index is 705. The van der Waals surface area contributed by atoms with Gasteiger partial charge >= 0.3 is 0 Å². The van der Waals surface area contributed by atoms with Gasteiger partial charge in [-0.3, -0.25) is 0 Å². The molecular weight excluding hydrogens is 264 g/mol. The average molecular weight is 278 g/mol. The highest BCUT2D eigenvalue weighted by molar-refractivity contribution is 7.91. The second kappa shape index (κ2) is 4.93. The molecule has 2 aromatic rings. The maximum absolute atomic E-state index is 12.5. The van der Waals surface area contributed by atoms with Gasteiger partial charge in [0.1, 0.15) is 0 Å². The summed E-state index contributed by atoms with van der Waals surface area (Å²) in [7, 11) is -2.24. The minimum Gasteiger partial charge on any atom is -0.504 e. The molecule has 0 aromatic heterocycles. The van der Waals surface area contributed by atoms with Crippen LogP contribution in [0.25, 0.3) is 0 Å². The van der Waals surface area contributed by atoms with E-state index >= 15 is 0 Å². The Morgan fingerprint density at radius 3 is 2.42 bits per heavy atom. The summed E-state index contributed by atoms with van der Waals surface area (Å²) in [5, 5.41) is 9.51. The van der Waals surface area contributed by atoms with Crippen molar-refractivity contribution in [3.63, 3.8) is 0 Å². The predicted octanol–water partition coefficient (Wildman–Crippen LogP) is 2.54. The summed E-state index contributed by atoms with van der Waals surface area (Å²) in [6.07, 6.45) is 0. The van der Waals surface area contributed by atoms with E-state index in [9.17, 15) is 13.5 Å². The van der Waals surface area contributed by atoms with E-state index in [-0.39, 0.29) is 21.3 Å².